The monoisotopic (exact) mass is 218 g/mol. The smallest absolute Gasteiger partial charge is 0.251 e. The second-order valence-electron chi connectivity index (χ2n) is 3.84. The van der Waals surface area contributed by atoms with Crippen LogP contribution < -0.4 is 5.32 Å². The third kappa shape index (κ3) is 2.23. The Labute approximate surface area is 93.3 Å². The summed E-state index contributed by atoms with van der Waals surface area (Å²) in [5.74, 6) is -0.163. The fourth-order valence-electron chi connectivity index (χ4n) is 1.54. The maximum Gasteiger partial charge on any atom is 0.251 e. The zero-order chi connectivity index (χ0) is 11.5. The van der Waals surface area contributed by atoms with E-state index in [2.05, 4.69) is 10.3 Å². The summed E-state index contributed by atoms with van der Waals surface area (Å²) in [4.78, 5) is 14.7. The van der Waals surface area contributed by atoms with E-state index in [4.69, 9.17) is 5.11 Å². The Morgan fingerprint density at radius 3 is 3.06 bits per heavy atom. The van der Waals surface area contributed by atoms with Crippen molar-refractivity contribution in [2.24, 2.45) is 0 Å². The van der Waals surface area contributed by atoms with E-state index < -0.39 is 6.10 Å². The Balaban J connectivity index is 2.16. The molecule has 0 unspecified atom stereocenters. The summed E-state index contributed by atoms with van der Waals surface area (Å²) in [5, 5.41) is 12.7. The number of hydrogen-bond donors (Lipinski definition) is 3. The highest BCUT2D eigenvalue weighted by Crippen LogP contribution is 2.13. The maximum atomic E-state index is 11.7. The molecule has 4 heteroatoms. The molecule has 0 aliphatic carbocycles. The van der Waals surface area contributed by atoms with E-state index >= 15 is 0 Å². The normalized spacial score (nSPS) is 12.6. The molecule has 0 aliphatic rings. The minimum absolute atomic E-state index is 0.163. The average molecular weight is 218 g/mol. The summed E-state index contributed by atoms with van der Waals surface area (Å²) >= 11 is 0. The lowest BCUT2D eigenvalue weighted by atomic mass is 10.1. The minimum atomic E-state index is -0.528. The topological polar surface area (TPSA) is 65.1 Å². The first-order valence-corrected chi connectivity index (χ1v) is 5.20. The number of nitrogens with one attached hydrogen (secondary N) is 2. The van der Waals surface area contributed by atoms with E-state index in [1.54, 1.807) is 13.0 Å². The number of H-pyrrole nitrogens is 1. The van der Waals surface area contributed by atoms with Gasteiger partial charge in [-0.3, -0.25) is 4.79 Å². The second-order valence-corrected chi connectivity index (χ2v) is 3.84. The van der Waals surface area contributed by atoms with Gasteiger partial charge in [0.15, 0.2) is 0 Å². The standard InChI is InChI=1S/C12H14N2O2/c1-8(15)7-14-12(16)10-2-3-11-9(6-10)4-5-13-11/h2-6,8,13,15H,7H2,1H3,(H,14,16)/t8-/m0/s1. The Kier molecular flexibility index (Phi) is 2.92. The first-order chi connectivity index (χ1) is 7.66. The van der Waals surface area contributed by atoms with E-state index in [9.17, 15) is 4.79 Å². The molecule has 1 aromatic heterocycles. The van der Waals surface area contributed by atoms with Crippen molar-refractivity contribution in [3.8, 4) is 0 Å². The molecule has 1 amide bonds. The molecule has 1 aromatic carbocycles. The lowest BCUT2D eigenvalue weighted by Gasteiger charge is -2.06. The first-order valence-electron chi connectivity index (χ1n) is 5.20. The lowest BCUT2D eigenvalue weighted by Crippen LogP contribution is -2.30. The third-order valence-corrected chi connectivity index (χ3v) is 2.37. The molecule has 1 heterocycles. The lowest BCUT2D eigenvalue weighted by molar-refractivity contribution is 0.0924. The fourth-order valence-corrected chi connectivity index (χ4v) is 1.54. The number of aromatic nitrogens is 1. The van der Waals surface area contributed by atoms with Crippen molar-refractivity contribution in [3.63, 3.8) is 0 Å². The number of fused-ring (bicyclic) bond motifs is 1. The first kappa shape index (κ1) is 10.7. The molecule has 2 rings (SSSR count). The van der Waals surface area contributed by atoms with Gasteiger partial charge < -0.3 is 15.4 Å². The van der Waals surface area contributed by atoms with Crippen LogP contribution in [0.25, 0.3) is 10.9 Å². The largest absolute Gasteiger partial charge is 0.392 e. The number of aliphatic hydroxyl groups excluding tert-OH is 1. The van der Waals surface area contributed by atoms with Gasteiger partial charge >= 0.3 is 0 Å². The molecule has 0 bridgehead atoms. The predicted octanol–water partition coefficient (Wildman–Crippen LogP) is 1.28. The van der Waals surface area contributed by atoms with Crippen molar-refractivity contribution >= 4 is 16.8 Å². The summed E-state index contributed by atoms with van der Waals surface area (Å²) < 4.78 is 0. The van der Waals surface area contributed by atoms with Gasteiger partial charge in [-0.1, -0.05) is 0 Å². The third-order valence-electron chi connectivity index (χ3n) is 2.37. The SMILES string of the molecule is C[C@H](O)CNC(=O)c1ccc2[nH]ccc2c1. The number of carbonyl (C=O) groups excluding carboxylic acids is 1. The van der Waals surface area contributed by atoms with Gasteiger partial charge in [-0.25, -0.2) is 0 Å². The Morgan fingerprint density at radius 1 is 1.50 bits per heavy atom. The summed E-state index contributed by atoms with van der Waals surface area (Å²) in [5.41, 5.74) is 1.61. The second kappa shape index (κ2) is 4.37. The number of aliphatic hydroxyl groups is 1. The maximum absolute atomic E-state index is 11.7. The van der Waals surface area contributed by atoms with Crippen LogP contribution >= 0.6 is 0 Å². The zero-order valence-corrected chi connectivity index (χ0v) is 9.03. The molecule has 2 aromatic rings. The van der Waals surface area contributed by atoms with E-state index in [1.165, 1.54) is 0 Å². The summed E-state index contributed by atoms with van der Waals surface area (Å²) in [7, 11) is 0. The van der Waals surface area contributed by atoms with E-state index in [-0.39, 0.29) is 12.5 Å². The van der Waals surface area contributed by atoms with Crippen LogP contribution in [-0.2, 0) is 0 Å². The van der Waals surface area contributed by atoms with Crippen LogP contribution in [-0.4, -0.2) is 28.6 Å². The molecule has 84 valence electrons. The number of aromatic amines is 1. The molecular weight excluding hydrogens is 204 g/mol. The average Bonchev–Trinajstić information content (AvgIpc) is 2.72. The Hall–Kier alpha value is -1.81. The molecule has 0 saturated heterocycles. The highest BCUT2D eigenvalue weighted by molar-refractivity contribution is 5.98. The van der Waals surface area contributed by atoms with Crippen LogP contribution in [0.2, 0.25) is 0 Å². The molecule has 16 heavy (non-hydrogen) atoms. The van der Waals surface area contributed by atoms with Crippen molar-refractivity contribution in [2.45, 2.75) is 13.0 Å². The number of benzene rings is 1. The predicted molar refractivity (Wildman–Crippen MR) is 62.3 cm³/mol. The van der Waals surface area contributed by atoms with Gasteiger partial charge in [-0.05, 0) is 31.2 Å². The van der Waals surface area contributed by atoms with Gasteiger partial charge in [0, 0.05) is 29.2 Å². The van der Waals surface area contributed by atoms with E-state index in [0.717, 1.165) is 10.9 Å². The van der Waals surface area contributed by atoms with Crippen molar-refractivity contribution in [3.05, 3.63) is 36.0 Å². The number of amides is 1. The Morgan fingerprint density at radius 2 is 2.31 bits per heavy atom. The zero-order valence-electron chi connectivity index (χ0n) is 9.03. The van der Waals surface area contributed by atoms with Crippen LogP contribution in [0.15, 0.2) is 30.5 Å². The van der Waals surface area contributed by atoms with Crippen LogP contribution in [0.1, 0.15) is 17.3 Å². The van der Waals surface area contributed by atoms with Gasteiger partial charge in [0.05, 0.1) is 6.10 Å². The number of carbonyl (C=O) groups is 1. The molecule has 1 atom stereocenters. The molecule has 3 N–H and O–H groups in total. The van der Waals surface area contributed by atoms with Gasteiger partial charge in [0.1, 0.15) is 0 Å². The van der Waals surface area contributed by atoms with Gasteiger partial charge in [0.2, 0.25) is 0 Å². The summed E-state index contributed by atoms with van der Waals surface area (Å²) in [6.45, 7) is 1.90. The Bertz CT molecular complexity index is 502. The molecule has 0 saturated carbocycles. The van der Waals surface area contributed by atoms with Crippen molar-refractivity contribution in [1.29, 1.82) is 0 Å². The van der Waals surface area contributed by atoms with Crippen molar-refractivity contribution < 1.29 is 9.90 Å². The highest BCUT2D eigenvalue weighted by atomic mass is 16.3. The van der Waals surface area contributed by atoms with Gasteiger partial charge in [0.25, 0.3) is 5.91 Å². The summed E-state index contributed by atoms with van der Waals surface area (Å²) in [6.07, 6.45) is 1.31. The molecule has 4 nitrogen and oxygen atoms in total. The van der Waals surface area contributed by atoms with Crippen molar-refractivity contribution in [1.82, 2.24) is 10.3 Å². The van der Waals surface area contributed by atoms with Gasteiger partial charge in [-0.15, -0.1) is 0 Å². The molecule has 0 spiro atoms. The minimum Gasteiger partial charge on any atom is -0.392 e. The molecule has 0 aliphatic heterocycles. The van der Waals surface area contributed by atoms with Crippen LogP contribution in [0, 0.1) is 0 Å². The molecule has 0 fully saturated rings. The number of hydrogen-bond acceptors (Lipinski definition) is 2. The summed E-state index contributed by atoms with van der Waals surface area (Å²) in [6, 6.07) is 7.37. The van der Waals surface area contributed by atoms with Gasteiger partial charge in [-0.2, -0.15) is 0 Å². The fraction of sp³-hybridized carbons (Fsp3) is 0.250. The molecule has 0 radical (unpaired) electrons. The number of rotatable bonds is 3. The highest BCUT2D eigenvalue weighted by Gasteiger charge is 2.07. The van der Waals surface area contributed by atoms with Crippen molar-refractivity contribution in [2.75, 3.05) is 6.54 Å². The van der Waals surface area contributed by atoms with E-state index in [0.29, 0.717) is 5.56 Å². The van der Waals surface area contributed by atoms with Crippen LogP contribution in [0.5, 0.6) is 0 Å². The quantitative estimate of drug-likeness (QED) is 0.726. The van der Waals surface area contributed by atoms with Crippen LogP contribution in [0.4, 0.5) is 0 Å². The van der Waals surface area contributed by atoms with E-state index in [1.807, 2.05) is 24.4 Å². The molecular formula is C12H14N2O2. The van der Waals surface area contributed by atoms with Crippen LogP contribution in [0.3, 0.4) is 0 Å².